The molecule has 7 nitrogen and oxygen atoms in total. The third-order valence-electron chi connectivity index (χ3n) is 2.74. The van der Waals surface area contributed by atoms with E-state index in [0.29, 0.717) is 5.69 Å². The van der Waals surface area contributed by atoms with E-state index in [0.717, 1.165) is 12.3 Å². The van der Waals surface area contributed by atoms with Crippen LogP contribution in [0.4, 0.5) is 5.69 Å². The normalized spacial score (nSPS) is 10.2. The van der Waals surface area contributed by atoms with Crippen LogP contribution in [0.1, 0.15) is 16.1 Å². The first-order chi connectivity index (χ1) is 9.99. The lowest BCUT2D eigenvalue weighted by atomic mass is 10.2. The zero-order valence-corrected chi connectivity index (χ0v) is 11.8. The monoisotopic (exact) mass is 306 g/mol. The number of hydrogen-bond donors (Lipinski definition) is 0. The molecule has 0 saturated carbocycles. The quantitative estimate of drug-likeness (QED) is 0.491. The summed E-state index contributed by atoms with van der Waals surface area (Å²) in [5, 5.41) is 10.7. The maximum Gasteiger partial charge on any atom is 0.288 e. The molecule has 0 aliphatic carbocycles. The fraction of sp³-hybridized carbons (Fsp3) is 0.154. The Kier molecular flexibility index (Phi) is 4.44. The number of nitro groups is 1. The zero-order valence-electron chi connectivity index (χ0n) is 11.1. The van der Waals surface area contributed by atoms with Crippen LogP contribution in [0.2, 0.25) is 5.15 Å². The summed E-state index contributed by atoms with van der Waals surface area (Å²) in [5.41, 5.74) is 0.404. The molecule has 0 aliphatic rings. The molecule has 2 heterocycles. The van der Waals surface area contributed by atoms with Gasteiger partial charge in [0.15, 0.2) is 0 Å². The van der Waals surface area contributed by atoms with Crippen molar-refractivity contribution in [2.45, 2.75) is 6.54 Å². The molecular weight excluding hydrogens is 296 g/mol. The van der Waals surface area contributed by atoms with E-state index in [2.05, 4.69) is 9.97 Å². The third-order valence-corrected chi connectivity index (χ3v) is 3.04. The Morgan fingerprint density at radius 1 is 1.43 bits per heavy atom. The van der Waals surface area contributed by atoms with Gasteiger partial charge in [0.2, 0.25) is 0 Å². The van der Waals surface area contributed by atoms with Crippen molar-refractivity contribution in [3.8, 4) is 0 Å². The number of carbonyl (C=O) groups excluding carboxylic acids is 1. The SMILES string of the molecule is CN(Cc1ccccn1)C(=O)c1cc([N+](=O)[O-])cnc1Cl. The minimum absolute atomic E-state index is 0.00991. The Morgan fingerprint density at radius 2 is 2.19 bits per heavy atom. The number of hydrogen-bond acceptors (Lipinski definition) is 5. The van der Waals surface area contributed by atoms with E-state index >= 15 is 0 Å². The summed E-state index contributed by atoms with van der Waals surface area (Å²) in [6.07, 6.45) is 2.63. The first-order valence-electron chi connectivity index (χ1n) is 5.94. The summed E-state index contributed by atoms with van der Waals surface area (Å²) in [5.74, 6) is -0.457. The fourth-order valence-corrected chi connectivity index (χ4v) is 1.88. The average Bonchev–Trinajstić information content (AvgIpc) is 2.47. The second-order valence-corrected chi connectivity index (χ2v) is 4.63. The third kappa shape index (κ3) is 3.51. The molecule has 2 rings (SSSR count). The molecule has 0 unspecified atom stereocenters. The van der Waals surface area contributed by atoms with Crippen LogP contribution in [-0.2, 0) is 6.54 Å². The van der Waals surface area contributed by atoms with Crippen molar-refractivity contribution in [1.29, 1.82) is 0 Å². The smallest absolute Gasteiger partial charge is 0.288 e. The van der Waals surface area contributed by atoms with Crippen molar-refractivity contribution in [2.24, 2.45) is 0 Å². The number of amides is 1. The van der Waals surface area contributed by atoms with Gasteiger partial charge >= 0.3 is 0 Å². The van der Waals surface area contributed by atoms with E-state index in [1.54, 1.807) is 25.4 Å². The molecule has 1 amide bonds. The van der Waals surface area contributed by atoms with Crippen LogP contribution in [0, 0.1) is 10.1 Å². The van der Waals surface area contributed by atoms with E-state index in [9.17, 15) is 14.9 Å². The van der Waals surface area contributed by atoms with Crippen LogP contribution in [0.15, 0.2) is 36.7 Å². The van der Waals surface area contributed by atoms with Crippen molar-refractivity contribution in [2.75, 3.05) is 7.05 Å². The second-order valence-electron chi connectivity index (χ2n) is 4.27. The van der Waals surface area contributed by atoms with Crippen LogP contribution in [0.25, 0.3) is 0 Å². The number of pyridine rings is 2. The van der Waals surface area contributed by atoms with Crippen LogP contribution in [-0.4, -0.2) is 32.7 Å². The van der Waals surface area contributed by atoms with Crippen molar-refractivity contribution in [3.05, 3.63) is 63.2 Å². The van der Waals surface area contributed by atoms with Gasteiger partial charge in [-0.2, -0.15) is 0 Å². The first-order valence-corrected chi connectivity index (χ1v) is 6.32. The number of halogens is 1. The van der Waals surface area contributed by atoms with Gasteiger partial charge in [-0.25, -0.2) is 4.98 Å². The Labute approximate surface area is 125 Å². The van der Waals surface area contributed by atoms with E-state index in [4.69, 9.17) is 11.6 Å². The molecule has 8 heteroatoms. The molecular formula is C13H11ClN4O3. The van der Waals surface area contributed by atoms with Gasteiger partial charge in [0.25, 0.3) is 11.6 Å². The molecule has 0 bridgehead atoms. The van der Waals surface area contributed by atoms with Crippen LogP contribution >= 0.6 is 11.6 Å². The predicted molar refractivity (Wildman–Crippen MR) is 75.9 cm³/mol. The summed E-state index contributed by atoms with van der Waals surface area (Å²) in [4.78, 5) is 31.6. The van der Waals surface area contributed by atoms with E-state index in [-0.39, 0.29) is 22.9 Å². The van der Waals surface area contributed by atoms with Crippen LogP contribution in [0.5, 0.6) is 0 Å². The highest BCUT2D eigenvalue weighted by atomic mass is 35.5. The van der Waals surface area contributed by atoms with Gasteiger partial charge in [-0.1, -0.05) is 17.7 Å². The molecule has 108 valence electrons. The summed E-state index contributed by atoms with van der Waals surface area (Å²) in [6.45, 7) is 0.263. The molecule has 0 aromatic carbocycles. The lowest BCUT2D eigenvalue weighted by molar-refractivity contribution is -0.385. The van der Waals surface area contributed by atoms with Gasteiger partial charge < -0.3 is 4.90 Å². The molecule has 0 atom stereocenters. The standard InChI is InChI=1S/C13H11ClN4O3/c1-17(8-9-4-2-3-5-15-9)13(19)11-6-10(18(20)21)7-16-12(11)14/h2-7H,8H2,1H3. The summed E-state index contributed by atoms with van der Waals surface area (Å²) in [7, 11) is 1.56. The Balaban J connectivity index is 2.23. The first kappa shape index (κ1) is 14.9. The molecule has 2 aromatic rings. The highest BCUT2D eigenvalue weighted by Crippen LogP contribution is 2.20. The van der Waals surface area contributed by atoms with Gasteiger partial charge in [0.05, 0.1) is 22.7 Å². The van der Waals surface area contributed by atoms with Crippen molar-refractivity contribution >= 4 is 23.2 Å². The molecule has 0 N–H and O–H groups in total. The number of carbonyl (C=O) groups is 1. The largest absolute Gasteiger partial charge is 0.336 e. The summed E-state index contributed by atoms with van der Waals surface area (Å²) >= 11 is 5.85. The van der Waals surface area contributed by atoms with Crippen LogP contribution < -0.4 is 0 Å². The lowest BCUT2D eigenvalue weighted by Gasteiger charge is -2.17. The maximum atomic E-state index is 12.3. The molecule has 0 saturated heterocycles. The predicted octanol–water partition coefficient (Wildman–Crippen LogP) is 2.31. The molecule has 0 radical (unpaired) electrons. The highest BCUT2D eigenvalue weighted by Gasteiger charge is 2.20. The Hall–Kier alpha value is -2.54. The number of nitrogens with zero attached hydrogens (tertiary/aromatic N) is 4. The van der Waals surface area contributed by atoms with E-state index in [1.807, 2.05) is 6.07 Å². The van der Waals surface area contributed by atoms with Gasteiger partial charge in [0, 0.05) is 19.3 Å². The number of aromatic nitrogens is 2. The van der Waals surface area contributed by atoms with Gasteiger partial charge in [0.1, 0.15) is 11.3 Å². The Morgan fingerprint density at radius 3 is 2.81 bits per heavy atom. The zero-order chi connectivity index (χ0) is 15.4. The summed E-state index contributed by atoms with van der Waals surface area (Å²) < 4.78 is 0. The molecule has 0 spiro atoms. The molecule has 21 heavy (non-hydrogen) atoms. The van der Waals surface area contributed by atoms with Gasteiger partial charge in [-0.15, -0.1) is 0 Å². The maximum absolute atomic E-state index is 12.3. The highest BCUT2D eigenvalue weighted by molar-refractivity contribution is 6.32. The Bertz CT molecular complexity index is 678. The number of rotatable bonds is 4. The fourth-order valence-electron chi connectivity index (χ4n) is 1.70. The average molecular weight is 307 g/mol. The minimum Gasteiger partial charge on any atom is -0.336 e. The van der Waals surface area contributed by atoms with Crippen molar-refractivity contribution in [3.63, 3.8) is 0 Å². The lowest BCUT2D eigenvalue weighted by Crippen LogP contribution is -2.27. The molecule has 2 aromatic heterocycles. The van der Waals surface area contributed by atoms with Crippen LogP contribution in [0.3, 0.4) is 0 Å². The minimum atomic E-state index is -0.626. The summed E-state index contributed by atoms with van der Waals surface area (Å²) in [6, 6.07) is 6.47. The van der Waals surface area contributed by atoms with Gasteiger partial charge in [-0.05, 0) is 12.1 Å². The van der Waals surface area contributed by atoms with Gasteiger partial charge in [-0.3, -0.25) is 19.9 Å². The van der Waals surface area contributed by atoms with Crippen molar-refractivity contribution in [1.82, 2.24) is 14.9 Å². The van der Waals surface area contributed by atoms with Crippen molar-refractivity contribution < 1.29 is 9.72 Å². The molecule has 0 fully saturated rings. The van der Waals surface area contributed by atoms with E-state index < -0.39 is 10.8 Å². The second kappa shape index (κ2) is 6.27. The van der Waals surface area contributed by atoms with E-state index in [1.165, 1.54) is 4.90 Å². The topological polar surface area (TPSA) is 89.2 Å². The molecule has 0 aliphatic heterocycles.